The van der Waals surface area contributed by atoms with Crippen LogP contribution in [-0.2, 0) is 14.3 Å². The highest BCUT2D eigenvalue weighted by Gasteiger charge is 2.41. The maximum atomic E-state index is 14.2. The zero-order valence-corrected chi connectivity index (χ0v) is 18.2. The number of carbonyl (C=O) groups is 3. The van der Waals surface area contributed by atoms with Gasteiger partial charge in [-0.3, -0.25) is 4.79 Å². The fraction of sp³-hybridized carbons (Fsp3) is 0.348. The van der Waals surface area contributed by atoms with Gasteiger partial charge in [-0.05, 0) is 36.3 Å². The van der Waals surface area contributed by atoms with Crippen LogP contribution in [-0.4, -0.2) is 73.7 Å². The fourth-order valence-electron chi connectivity index (χ4n) is 3.73. The summed E-state index contributed by atoms with van der Waals surface area (Å²) in [6.07, 6.45) is -1.10. The highest BCUT2D eigenvalue weighted by molar-refractivity contribution is 5.88. The molecule has 2 amide bonds. The molecule has 0 heterocycles. The number of rotatable bonds is 9. The molecule has 1 aliphatic carbocycles. The molecule has 0 spiro atoms. The van der Waals surface area contributed by atoms with Crippen LogP contribution in [0.5, 0.6) is 0 Å². The lowest BCUT2D eigenvalue weighted by molar-refractivity contribution is -0.150. The minimum atomic E-state index is -4.02. The molecule has 0 aliphatic heterocycles. The van der Waals surface area contributed by atoms with Gasteiger partial charge in [0, 0.05) is 12.5 Å². The van der Waals surface area contributed by atoms with E-state index in [0.717, 1.165) is 22.3 Å². The van der Waals surface area contributed by atoms with Crippen LogP contribution in [0.2, 0.25) is 0 Å². The van der Waals surface area contributed by atoms with Crippen LogP contribution < -0.4 is 10.6 Å². The first kappa shape index (κ1) is 24.1. The minimum absolute atomic E-state index is 0.0679. The third-order valence-corrected chi connectivity index (χ3v) is 5.28. The second-order valence-electron chi connectivity index (χ2n) is 8.01. The summed E-state index contributed by atoms with van der Waals surface area (Å²) in [4.78, 5) is 36.6. The molecule has 2 aromatic carbocycles. The normalized spacial score (nSPS) is 13.7. The number of nitrogens with zero attached hydrogens (tertiary/aromatic N) is 1. The van der Waals surface area contributed by atoms with Crippen molar-refractivity contribution in [2.45, 2.75) is 17.9 Å². The number of carbonyl (C=O) groups excluding carboxylic acids is 2. The van der Waals surface area contributed by atoms with Crippen molar-refractivity contribution in [1.82, 2.24) is 15.5 Å². The van der Waals surface area contributed by atoms with Gasteiger partial charge in [-0.1, -0.05) is 48.5 Å². The van der Waals surface area contributed by atoms with Gasteiger partial charge in [-0.2, -0.15) is 8.78 Å². The summed E-state index contributed by atoms with van der Waals surface area (Å²) < 4.78 is 33.5. The SMILES string of the molecule is CN(C)C[C@H](NC(=O)C(F)(F)CNC(=O)OCC1c2ccccc2-c2ccccc21)C(=O)O. The van der Waals surface area contributed by atoms with E-state index in [9.17, 15) is 23.2 Å². The number of hydrogen-bond donors (Lipinski definition) is 3. The molecule has 0 aromatic heterocycles. The number of alkyl halides is 2. The molecular weight excluding hydrogens is 436 g/mol. The van der Waals surface area contributed by atoms with Gasteiger partial charge in [-0.15, -0.1) is 0 Å². The largest absolute Gasteiger partial charge is 0.480 e. The van der Waals surface area contributed by atoms with Gasteiger partial charge in [0.1, 0.15) is 12.6 Å². The molecule has 0 unspecified atom stereocenters. The second-order valence-corrected chi connectivity index (χ2v) is 8.01. The van der Waals surface area contributed by atoms with E-state index in [2.05, 4.69) is 0 Å². The number of halogens is 2. The van der Waals surface area contributed by atoms with E-state index in [1.807, 2.05) is 53.8 Å². The van der Waals surface area contributed by atoms with Crippen LogP contribution in [0.3, 0.4) is 0 Å². The molecule has 8 nitrogen and oxygen atoms in total. The van der Waals surface area contributed by atoms with E-state index >= 15 is 0 Å². The number of carboxylic acid groups (broad SMARTS) is 1. The van der Waals surface area contributed by atoms with Crippen LogP contribution in [0.15, 0.2) is 48.5 Å². The van der Waals surface area contributed by atoms with Gasteiger partial charge in [0.2, 0.25) is 0 Å². The fourth-order valence-corrected chi connectivity index (χ4v) is 3.73. The average Bonchev–Trinajstić information content (AvgIpc) is 3.09. The van der Waals surface area contributed by atoms with E-state index in [1.54, 1.807) is 19.4 Å². The highest BCUT2D eigenvalue weighted by Crippen LogP contribution is 2.44. The number of hydrogen-bond acceptors (Lipinski definition) is 5. The summed E-state index contributed by atoms with van der Waals surface area (Å²) >= 11 is 0. The van der Waals surface area contributed by atoms with Crippen molar-refractivity contribution in [2.24, 2.45) is 0 Å². The molecule has 3 rings (SSSR count). The van der Waals surface area contributed by atoms with Crippen LogP contribution >= 0.6 is 0 Å². The molecule has 0 radical (unpaired) electrons. The number of alkyl carbamates (subject to hydrolysis) is 1. The molecule has 0 saturated heterocycles. The van der Waals surface area contributed by atoms with Crippen molar-refractivity contribution in [1.29, 1.82) is 0 Å². The molecule has 176 valence electrons. The second kappa shape index (κ2) is 9.95. The molecule has 2 aromatic rings. The summed E-state index contributed by atoms with van der Waals surface area (Å²) in [5.74, 6) is -7.51. The van der Waals surface area contributed by atoms with Crippen molar-refractivity contribution in [3.63, 3.8) is 0 Å². The third kappa shape index (κ3) is 5.64. The number of aliphatic carboxylic acids is 1. The van der Waals surface area contributed by atoms with Gasteiger partial charge >= 0.3 is 18.0 Å². The average molecular weight is 461 g/mol. The Labute approximate surface area is 189 Å². The highest BCUT2D eigenvalue weighted by atomic mass is 19.3. The maximum absolute atomic E-state index is 14.2. The van der Waals surface area contributed by atoms with Crippen LogP contribution in [0, 0.1) is 0 Å². The van der Waals surface area contributed by atoms with Gasteiger partial charge in [-0.25, -0.2) is 9.59 Å². The van der Waals surface area contributed by atoms with Crippen LogP contribution in [0.4, 0.5) is 13.6 Å². The number of ether oxygens (including phenoxy) is 1. The summed E-state index contributed by atoms with van der Waals surface area (Å²) in [5.41, 5.74) is 3.99. The lowest BCUT2D eigenvalue weighted by atomic mass is 9.98. The predicted octanol–water partition coefficient (Wildman–Crippen LogP) is 2.29. The zero-order chi connectivity index (χ0) is 24.2. The van der Waals surface area contributed by atoms with Crippen LogP contribution in [0.25, 0.3) is 11.1 Å². The lowest BCUT2D eigenvalue weighted by Gasteiger charge is -2.22. The Hall–Kier alpha value is -3.53. The maximum Gasteiger partial charge on any atom is 0.407 e. The first-order valence-corrected chi connectivity index (χ1v) is 10.3. The summed E-state index contributed by atoms with van der Waals surface area (Å²) in [5, 5.41) is 12.8. The molecule has 1 aliphatic rings. The topological polar surface area (TPSA) is 108 Å². The Morgan fingerprint density at radius 1 is 1.06 bits per heavy atom. The van der Waals surface area contributed by atoms with Gasteiger partial charge in [0.05, 0.1) is 6.54 Å². The molecule has 0 bridgehead atoms. The lowest BCUT2D eigenvalue weighted by Crippen LogP contribution is -2.55. The van der Waals surface area contributed by atoms with Crippen molar-refractivity contribution in [2.75, 3.05) is 33.8 Å². The summed E-state index contributed by atoms with van der Waals surface area (Å²) in [6, 6.07) is 13.8. The Kier molecular flexibility index (Phi) is 7.27. The van der Waals surface area contributed by atoms with E-state index in [0.29, 0.717) is 0 Å². The van der Waals surface area contributed by atoms with Crippen LogP contribution in [0.1, 0.15) is 17.0 Å². The van der Waals surface area contributed by atoms with Crippen molar-refractivity contribution in [3.8, 4) is 11.1 Å². The quantitative estimate of drug-likeness (QED) is 0.529. The summed E-state index contributed by atoms with van der Waals surface area (Å²) in [6.45, 7) is -1.57. The predicted molar refractivity (Wildman–Crippen MR) is 116 cm³/mol. The van der Waals surface area contributed by atoms with E-state index in [-0.39, 0.29) is 19.1 Å². The Morgan fingerprint density at radius 2 is 1.61 bits per heavy atom. The smallest absolute Gasteiger partial charge is 0.407 e. The van der Waals surface area contributed by atoms with E-state index in [4.69, 9.17) is 9.84 Å². The number of fused-ring (bicyclic) bond motifs is 3. The van der Waals surface area contributed by atoms with Gasteiger partial charge in [0.15, 0.2) is 0 Å². The van der Waals surface area contributed by atoms with Crippen molar-refractivity contribution in [3.05, 3.63) is 59.7 Å². The summed E-state index contributed by atoms with van der Waals surface area (Å²) in [7, 11) is 3.08. The minimum Gasteiger partial charge on any atom is -0.480 e. The molecular formula is C23H25F2N3O5. The van der Waals surface area contributed by atoms with Crippen molar-refractivity contribution < 1.29 is 33.0 Å². The first-order chi connectivity index (χ1) is 15.6. The zero-order valence-electron chi connectivity index (χ0n) is 18.2. The number of likely N-dealkylation sites (N-methyl/N-ethyl adjacent to an activating group) is 1. The number of nitrogens with one attached hydrogen (secondary N) is 2. The monoisotopic (exact) mass is 461 g/mol. The molecule has 1 atom stereocenters. The third-order valence-electron chi connectivity index (χ3n) is 5.28. The molecule has 3 N–H and O–H groups in total. The van der Waals surface area contributed by atoms with Gasteiger partial charge in [0.25, 0.3) is 5.91 Å². The Balaban J connectivity index is 1.56. The number of benzene rings is 2. The van der Waals surface area contributed by atoms with Gasteiger partial charge < -0.3 is 25.4 Å². The Morgan fingerprint density at radius 3 is 2.12 bits per heavy atom. The molecule has 0 saturated carbocycles. The standard InChI is InChI=1S/C23H25F2N3O5/c1-28(2)11-19(20(29)30)27-21(31)23(24,25)13-26-22(32)33-12-18-16-9-5-3-7-14(16)15-8-4-6-10-17(15)18/h3-10,18-19H,11-13H2,1-2H3,(H,26,32)(H,27,31)(H,29,30)/t19-/m0/s1. The number of carboxylic acids is 1. The number of amides is 2. The van der Waals surface area contributed by atoms with Crippen molar-refractivity contribution >= 4 is 18.0 Å². The first-order valence-electron chi connectivity index (χ1n) is 10.3. The van der Waals surface area contributed by atoms with E-state index in [1.165, 1.54) is 4.90 Å². The molecule has 0 fully saturated rings. The Bertz CT molecular complexity index is 999. The molecule has 10 heteroatoms. The van der Waals surface area contributed by atoms with E-state index < -0.39 is 36.5 Å². The molecule has 33 heavy (non-hydrogen) atoms.